The lowest BCUT2D eigenvalue weighted by Crippen LogP contribution is -2.26. The number of ether oxygens (including phenoxy) is 1. The summed E-state index contributed by atoms with van der Waals surface area (Å²) in [5.41, 5.74) is 2.19. The topological polar surface area (TPSA) is 89.0 Å². The zero-order valence-electron chi connectivity index (χ0n) is 16.4. The number of benzene rings is 2. The van der Waals surface area contributed by atoms with Crippen molar-refractivity contribution in [3.8, 4) is 0 Å². The van der Waals surface area contributed by atoms with E-state index in [1.165, 1.54) is 16.3 Å². The normalized spacial score (nSPS) is 11.3. The fourth-order valence-electron chi connectivity index (χ4n) is 3.17. The van der Waals surface area contributed by atoms with Gasteiger partial charge in [-0.05, 0) is 24.3 Å². The number of halogens is 2. The molecule has 2 heterocycles. The number of anilines is 1. The van der Waals surface area contributed by atoms with Gasteiger partial charge in [-0.1, -0.05) is 53.2 Å². The monoisotopic (exact) mass is 476 g/mol. The van der Waals surface area contributed by atoms with Gasteiger partial charge in [0, 0.05) is 23.7 Å². The molecule has 0 unspecified atom stereocenters. The van der Waals surface area contributed by atoms with Crippen LogP contribution in [0.4, 0.5) is 5.69 Å². The van der Waals surface area contributed by atoms with Gasteiger partial charge >= 0.3 is 0 Å². The second kappa shape index (κ2) is 9.32. The van der Waals surface area contributed by atoms with E-state index in [0.29, 0.717) is 45.1 Å². The Balaban J connectivity index is 1.63. The summed E-state index contributed by atoms with van der Waals surface area (Å²) in [6, 6.07) is 12.5. The van der Waals surface area contributed by atoms with E-state index in [1.54, 1.807) is 25.3 Å². The average molecular weight is 477 g/mol. The molecular weight excluding hydrogens is 459 g/mol. The molecule has 10 heteroatoms. The highest BCUT2D eigenvalue weighted by Gasteiger charge is 2.17. The molecule has 0 radical (unpaired) electrons. The number of nitrogens with one attached hydrogen (secondary N) is 2. The molecule has 160 valence electrons. The summed E-state index contributed by atoms with van der Waals surface area (Å²) in [4.78, 5) is 33.4. The van der Waals surface area contributed by atoms with Gasteiger partial charge in [-0.2, -0.15) is 0 Å². The standard InChI is InChI=1S/C21H18Cl2N4O3S/c1-30-9-8-27-20(29)19-18(13-4-2-3-5-16(13)25-19)26-21(27)31-11-17(28)24-12-6-7-14(22)15(23)10-12/h2-7,10,25H,8-9,11H2,1H3,(H,24,28). The van der Waals surface area contributed by atoms with Crippen LogP contribution in [-0.4, -0.2) is 39.9 Å². The van der Waals surface area contributed by atoms with Crippen LogP contribution < -0.4 is 10.9 Å². The third-order valence-electron chi connectivity index (χ3n) is 4.63. The van der Waals surface area contributed by atoms with Crippen molar-refractivity contribution in [2.75, 3.05) is 24.8 Å². The Labute approximate surface area is 191 Å². The van der Waals surface area contributed by atoms with Crippen molar-refractivity contribution in [2.24, 2.45) is 0 Å². The largest absolute Gasteiger partial charge is 0.383 e. The number of para-hydroxylation sites is 1. The molecule has 0 aliphatic carbocycles. The zero-order chi connectivity index (χ0) is 22.0. The third kappa shape index (κ3) is 4.57. The van der Waals surface area contributed by atoms with Gasteiger partial charge in [0.15, 0.2) is 5.16 Å². The van der Waals surface area contributed by atoms with Crippen molar-refractivity contribution >= 4 is 68.5 Å². The minimum Gasteiger partial charge on any atom is -0.383 e. The molecule has 2 aromatic heterocycles. The van der Waals surface area contributed by atoms with Gasteiger partial charge in [-0.25, -0.2) is 4.98 Å². The Morgan fingerprint density at radius 2 is 2.03 bits per heavy atom. The molecule has 4 rings (SSSR count). The number of carbonyl (C=O) groups excluding carboxylic acids is 1. The molecule has 0 saturated heterocycles. The van der Waals surface area contributed by atoms with Crippen LogP contribution in [0.3, 0.4) is 0 Å². The fraction of sp³-hybridized carbons (Fsp3) is 0.190. The molecular formula is C21H18Cl2N4O3S. The van der Waals surface area contributed by atoms with E-state index in [9.17, 15) is 9.59 Å². The second-order valence-corrected chi connectivity index (χ2v) is 8.46. The maximum atomic E-state index is 13.1. The first kappa shape index (κ1) is 21.7. The number of thioether (sulfide) groups is 1. The highest BCUT2D eigenvalue weighted by Crippen LogP contribution is 2.26. The minimum atomic E-state index is -0.255. The van der Waals surface area contributed by atoms with E-state index in [0.717, 1.165) is 10.9 Å². The quantitative estimate of drug-likeness (QED) is 0.301. The van der Waals surface area contributed by atoms with Gasteiger partial charge in [0.25, 0.3) is 5.56 Å². The van der Waals surface area contributed by atoms with Crippen LogP contribution in [0.5, 0.6) is 0 Å². The van der Waals surface area contributed by atoms with Crippen molar-refractivity contribution in [3.63, 3.8) is 0 Å². The van der Waals surface area contributed by atoms with E-state index in [1.807, 2.05) is 24.3 Å². The molecule has 0 spiro atoms. The van der Waals surface area contributed by atoms with Crippen molar-refractivity contribution in [1.29, 1.82) is 0 Å². The summed E-state index contributed by atoms with van der Waals surface area (Å²) >= 11 is 13.1. The predicted octanol–water partition coefficient (Wildman–Crippen LogP) is 4.56. The first-order chi connectivity index (χ1) is 15.0. The van der Waals surface area contributed by atoms with Gasteiger partial charge in [-0.15, -0.1) is 0 Å². The molecule has 0 aliphatic heterocycles. The van der Waals surface area contributed by atoms with Gasteiger partial charge in [0.2, 0.25) is 5.91 Å². The summed E-state index contributed by atoms with van der Waals surface area (Å²) in [7, 11) is 1.57. The lowest BCUT2D eigenvalue weighted by atomic mass is 10.2. The maximum absolute atomic E-state index is 13.1. The van der Waals surface area contributed by atoms with Crippen molar-refractivity contribution in [1.82, 2.24) is 14.5 Å². The van der Waals surface area contributed by atoms with Crippen LogP contribution in [0, 0.1) is 0 Å². The van der Waals surface area contributed by atoms with Crippen LogP contribution in [-0.2, 0) is 16.1 Å². The van der Waals surface area contributed by atoms with Crippen LogP contribution >= 0.6 is 35.0 Å². The smallest absolute Gasteiger partial charge is 0.278 e. The molecule has 0 fully saturated rings. The van der Waals surface area contributed by atoms with Gasteiger partial charge in [0.05, 0.1) is 28.9 Å². The van der Waals surface area contributed by atoms with Crippen molar-refractivity contribution in [2.45, 2.75) is 11.7 Å². The summed E-state index contributed by atoms with van der Waals surface area (Å²) in [5, 5.41) is 4.84. The van der Waals surface area contributed by atoms with Crippen LogP contribution in [0.2, 0.25) is 10.0 Å². The Morgan fingerprint density at radius 3 is 2.81 bits per heavy atom. The summed E-state index contributed by atoms with van der Waals surface area (Å²) in [6.07, 6.45) is 0. The molecule has 1 amide bonds. The Kier molecular flexibility index (Phi) is 6.52. The number of carbonyl (C=O) groups is 1. The van der Waals surface area contributed by atoms with Gasteiger partial charge in [0.1, 0.15) is 11.0 Å². The van der Waals surface area contributed by atoms with Crippen molar-refractivity contribution in [3.05, 3.63) is 62.9 Å². The number of hydrogen-bond acceptors (Lipinski definition) is 5. The van der Waals surface area contributed by atoms with Gasteiger partial charge < -0.3 is 15.0 Å². The molecule has 0 bridgehead atoms. The van der Waals surface area contributed by atoms with E-state index < -0.39 is 0 Å². The number of amides is 1. The maximum Gasteiger partial charge on any atom is 0.278 e. The summed E-state index contributed by atoms with van der Waals surface area (Å²) in [6.45, 7) is 0.667. The molecule has 2 aromatic carbocycles. The molecule has 4 aromatic rings. The third-order valence-corrected chi connectivity index (χ3v) is 6.35. The summed E-state index contributed by atoms with van der Waals surface area (Å²) in [5.74, 6) is -0.192. The SMILES string of the molecule is COCCn1c(SCC(=O)Nc2ccc(Cl)c(Cl)c2)nc2c([nH]c3ccccc32)c1=O. The molecule has 2 N–H and O–H groups in total. The van der Waals surface area contributed by atoms with E-state index in [4.69, 9.17) is 32.9 Å². The molecule has 0 saturated carbocycles. The van der Waals surface area contributed by atoms with Crippen LogP contribution in [0.15, 0.2) is 52.4 Å². The second-order valence-electron chi connectivity index (χ2n) is 6.70. The first-order valence-electron chi connectivity index (χ1n) is 9.36. The molecule has 7 nitrogen and oxygen atoms in total. The highest BCUT2D eigenvalue weighted by molar-refractivity contribution is 7.99. The number of nitrogens with zero attached hydrogens (tertiary/aromatic N) is 2. The van der Waals surface area contributed by atoms with E-state index in [2.05, 4.69) is 10.3 Å². The average Bonchev–Trinajstić information content (AvgIpc) is 3.13. The number of methoxy groups -OCH3 is 1. The van der Waals surface area contributed by atoms with Crippen molar-refractivity contribution < 1.29 is 9.53 Å². The Hall–Kier alpha value is -2.52. The Bertz CT molecular complexity index is 1340. The fourth-order valence-corrected chi connectivity index (χ4v) is 4.28. The lowest BCUT2D eigenvalue weighted by molar-refractivity contribution is -0.113. The van der Waals surface area contributed by atoms with Crippen LogP contribution in [0.25, 0.3) is 21.9 Å². The minimum absolute atomic E-state index is 0.0630. The number of aromatic nitrogens is 3. The molecule has 0 aliphatic rings. The summed E-state index contributed by atoms with van der Waals surface area (Å²) < 4.78 is 6.67. The van der Waals surface area contributed by atoms with E-state index >= 15 is 0 Å². The number of fused-ring (bicyclic) bond motifs is 3. The number of rotatable bonds is 7. The highest BCUT2D eigenvalue weighted by atomic mass is 35.5. The number of aromatic amines is 1. The van der Waals surface area contributed by atoms with Crippen LogP contribution in [0.1, 0.15) is 0 Å². The lowest BCUT2D eigenvalue weighted by Gasteiger charge is -2.12. The first-order valence-corrected chi connectivity index (χ1v) is 11.1. The number of H-pyrrole nitrogens is 1. The zero-order valence-corrected chi connectivity index (χ0v) is 18.8. The molecule has 0 atom stereocenters. The van der Waals surface area contributed by atoms with Gasteiger partial charge in [-0.3, -0.25) is 14.2 Å². The van der Waals surface area contributed by atoms with E-state index in [-0.39, 0.29) is 17.2 Å². The number of hydrogen-bond donors (Lipinski definition) is 2. The molecule has 31 heavy (non-hydrogen) atoms. The Morgan fingerprint density at radius 1 is 1.23 bits per heavy atom. The predicted molar refractivity (Wildman–Crippen MR) is 126 cm³/mol.